The van der Waals surface area contributed by atoms with Crippen LogP contribution in [0.15, 0.2) is 66.2 Å². The lowest BCUT2D eigenvalue weighted by molar-refractivity contribution is -0.112. The molecule has 0 spiro atoms. The SMILES string of the molecule is COc1cc(/C=C(\C#N)C(=O)Nc2ccc(C)cc2)cc(Cl)c1OCc1ccc(C)cc1. The van der Waals surface area contributed by atoms with E-state index in [0.717, 1.165) is 11.1 Å². The molecule has 1 amide bonds. The van der Waals surface area contributed by atoms with Gasteiger partial charge in [-0.1, -0.05) is 59.1 Å². The fraction of sp³-hybridized carbons (Fsp3) is 0.154. The van der Waals surface area contributed by atoms with Crippen LogP contribution in [-0.2, 0) is 11.4 Å². The van der Waals surface area contributed by atoms with E-state index in [0.29, 0.717) is 34.4 Å². The van der Waals surface area contributed by atoms with Crippen LogP contribution >= 0.6 is 11.6 Å². The predicted octanol–water partition coefficient (Wildman–Crippen LogP) is 6.09. The van der Waals surface area contributed by atoms with Crippen molar-refractivity contribution in [3.8, 4) is 17.6 Å². The first-order chi connectivity index (χ1) is 15.4. The Labute approximate surface area is 192 Å². The van der Waals surface area contributed by atoms with Gasteiger partial charge in [-0.25, -0.2) is 0 Å². The Balaban J connectivity index is 1.80. The summed E-state index contributed by atoms with van der Waals surface area (Å²) in [5.41, 5.74) is 4.34. The molecular formula is C26H23ClN2O3. The Morgan fingerprint density at radius 1 is 1.06 bits per heavy atom. The number of ether oxygens (including phenoxy) is 2. The van der Waals surface area contributed by atoms with Crippen LogP contribution in [0.5, 0.6) is 11.5 Å². The number of methoxy groups -OCH3 is 1. The van der Waals surface area contributed by atoms with Crippen LogP contribution in [0.3, 0.4) is 0 Å². The summed E-state index contributed by atoms with van der Waals surface area (Å²) < 4.78 is 11.3. The first-order valence-corrected chi connectivity index (χ1v) is 10.3. The lowest BCUT2D eigenvalue weighted by Crippen LogP contribution is -2.13. The highest BCUT2D eigenvalue weighted by molar-refractivity contribution is 6.32. The number of halogens is 1. The number of carbonyl (C=O) groups excluding carboxylic acids is 1. The number of amides is 1. The summed E-state index contributed by atoms with van der Waals surface area (Å²) in [6.07, 6.45) is 1.46. The minimum atomic E-state index is -0.508. The van der Waals surface area contributed by atoms with Crippen LogP contribution in [0.4, 0.5) is 5.69 Å². The van der Waals surface area contributed by atoms with E-state index in [1.807, 2.05) is 56.3 Å². The van der Waals surface area contributed by atoms with Gasteiger partial charge in [0.05, 0.1) is 12.1 Å². The van der Waals surface area contributed by atoms with Gasteiger partial charge >= 0.3 is 0 Å². The second-order valence-corrected chi connectivity index (χ2v) is 7.71. The van der Waals surface area contributed by atoms with Crippen molar-refractivity contribution in [3.05, 3.63) is 93.5 Å². The Morgan fingerprint density at radius 2 is 1.69 bits per heavy atom. The first kappa shape index (κ1) is 22.9. The summed E-state index contributed by atoms with van der Waals surface area (Å²) in [7, 11) is 1.51. The number of nitrogens with zero attached hydrogens (tertiary/aromatic N) is 1. The summed E-state index contributed by atoms with van der Waals surface area (Å²) >= 11 is 6.44. The van der Waals surface area contributed by atoms with Crippen molar-refractivity contribution < 1.29 is 14.3 Å². The maximum absolute atomic E-state index is 12.5. The zero-order valence-electron chi connectivity index (χ0n) is 18.1. The number of nitriles is 1. The lowest BCUT2D eigenvalue weighted by atomic mass is 10.1. The average Bonchev–Trinajstić information content (AvgIpc) is 2.79. The average molecular weight is 447 g/mol. The number of rotatable bonds is 7. The van der Waals surface area contributed by atoms with Crippen molar-refractivity contribution in [3.63, 3.8) is 0 Å². The topological polar surface area (TPSA) is 71.3 Å². The van der Waals surface area contributed by atoms with Crippen molar-refractivity contribution in [2.45, 2.75) is 20.5 Å². The van der Waals surface area contributed by atoms with Gasteiger partial charge in [0.15, 0.2) is 11.5 Å². The number of anilines is 1. The van der Waals surface area contributed by atoms with Crippen molar-refractivity contribution in [1.29, 1.82) is 5.26 Å². The maximum Gasteiger partial charge on any atom is 0.266 e. The molecule has 3 aromatic rings. The van der Waals surface area contributed by atoms with Crippen LogP contribution in [0.2, 0.25) is 5.02 Å². The molecule has 0 aliphatic heterocycles. The summed E-state index contributed by atoms with van der Waals surface area (Å²) in [4.78, 5) is 12.5. The van der Waals surface area contributed by atoms with E-state index < -0.39 is 5.91 Å². The molecule has 0 atom stereocenters. The molecule has 1 N–H and O–H groups in total. The summed E-state index contributed by atoms with van der Waals surface area (Å²) in [6, 6.07) is 20.6. The van der Waals surface area contributed by atoms with Crippen molar-refractivity contribution in [1.82, 2.24) is 0 Å². The highest BCUT2D eigenvalue weighted by Crippen LogP contribution is 2.37. The fourth-order valence-electron chi connectivity index (χ4n) is 2.95. The van der Waals surface area contributed by atoms with Crippen molar-refractivity contribution in [2.24, 2.45) is 0 Å². The van der Waals surface area contributed by atoms with E-state index in [9.17, 15) is 10.1 Å². The van der Waals surface area contributed by atoms with Gasteiger partial charge in [-0.2, -0.15) is 5.26 Å². The molecule has 0 radical (unpaired) electrons. The third-order valence-electron chi connectivity index (χ3n) is 4.74. The van der Waals surface area contributed by atoms with Crippen LogP contribution in [0, 0.1) is 25.2 Å². The summed E-state index contributed by atoms with van der Waals surface area (Å²) in [6.45, 7) is 4.30. The van der Waals surface area contributed by atoms with Gasteiger partial charge in [-0.05, 0) is 55.3 Å². The third kappa shape index (κ3) is 5.90. The molecule has 0 fully saturated rings. The van der Waals surface area contributed by atoms with E-state index in [-0.39, 0.29) is 5.57 Å². The van der Waals surface area contributed by atoms with Crippen LogP contribution in [0.25, 0.3) is 6.08 Å². The molecular weight excluding hydrogens is 424 g/mol. The fourth-order valence-corrected chi connectivity index (χ4v) is 3.23. The Hall–Kier alpha value is -3.75. The second-order valence-electron chi connectivity index (χ2n) is 7.30. The standard InChI is InChI=1S/C26H23ClN2O3/c1-17-4-8-19(9-5-17)16-32-25-23(27)13-20(14-24(25)31-3)12-21(15-28)26(30)29-22-10-6-18(2)7-11-22/h4-14H,16H2,1-3H3,(H,29,30)/b21-12+. The molecule has 0 aliphatic carbocycles. The van der Waals surface area contributed by atoms with E-state index in [1.54, 1.807) is 24.3 Å². The molecule has 3 rings (SSSR count). The number of hydrogen-bond acceptors (Lipinski definition) is 4. The molecule has 32 heavy (non-hydrogen) atoms. The first-order valence-electron chi connectivity index (χ1n) is 9.95. The molecule has 5 nitrogen and oxygen atoms in total. The monoisotopic (exact) mass is 446 g/mol. The Morgan fingerprint density at radius 3 is 2.28 bits per heavy atom. The summed E-state index contributed by atoms with van der Waals surface area (Å²) in [5, 5.41) is 12.5. The normalized spacial score (nSPS) is 10.9. The van der Waals surface area contributed by atoms with Crippen molar-refractivity contribution >= 4 is 29.3 Å². The molecule has 0 aliphatic rings. The minimum absolute atomic E-state index is 0.0583. The number of carbonyl (C=O) groups is 1. The zero-order chi connectivity index (χ0) is 23.1. The smallest absolute Gasteiger partial charge is 0.266 e. The van der Waals surface area contributed by atoms with Gasteiger partial charge in [-0.3, -0.25) is 4.79 Å². The van der Waals surface area contributed by atoms with Gasteiger partial charge in [0.25, 0.3) is 5.91 Å². The van der Waals surface area contributed by atoms with E-state index in [4.69, 9.17) is 21.1 Å². The van der Waals surface area contributed by atoms with Gasteiger partial charge in [0.2, 0.25) is 0 Å². The van der Waals surface area contributed by atoms with Crippen LogP contribution < -0.4 is 14.8 Å². The van der Waals surface area contributed by atoms with Gasteiger partial charge in [0, 0.05) is 5.69 Å². The molecule has 0 aromatic heterocycles. The number of nitrogens with one attached hydrogen (secondary N) is 1. The maximum atomic E-state index is 12.5. The molecule has 0 saturated heterocycles. The van der Waals surface area contributed by atoms with E-state index in [2.05, 4.69) is 5.32 Å². The lowest BCUT2D eigenvalue weighted by Gasteiger charge is -2.14. The molecule has 0 saturated carbocycles. The quantitative estimate of drug-likeness (QED) is 0.352. The number of hydrogen-bond donors (Lipinski definition) is 1. The molecule has 0 bridgehead atoms. The van der Waals surface area contributed by atoms with Crippen LogP contribution in [0.1, 0.15) is 22.3 Å². The zero-order valence-corrected chi connectivity index (χ0v) is 18.9. The largest absolute Gasteiger partial charge is 0.493 e. The second kappa shape index (κ2) is 10.5. The molecule has 0 unspecified atom stereocenters. The van der Waals surface area contributed by atoms with Gasteiger partial charge in [-0.15, -0.1) is 0 Å². The van der Waals surface area contributed by atoms with Crippen LogP contribution in [-0.4, -0.2) is 13.0 Å². The van der Waals surface area contributed by atoms with E-state index >= 15 is 0 Å². The predicted molar refractivity (Wildman–Crippen MR) is 127 cm³/mol. The molecule has 3 aromatic carbocycles. The van der Waals surface area contributed by atoms with E-state index in [1.165, 1.54) is 18.7 Å². The Bertz CT molecular complexity index is 1180. The minimum Gasteiger partial charge on any atom is -0.493 e. The number of aryl methyl sites for hydroxylation is 2. The molecule has 6 heteroatoms. The number of benzene rings is 3. The highest BCUT2D eigenvalue weighted by atomic mass is 35.5. The molecule has 0 heterocycles. The third-order valence-corrected chi connectivity index (χ3v) is 5.02. The highest BCUT2D eigenvalue weighted by Gasteiger charge is 2.14. The Kier molecular flexibility index (Phi) is 7.54. The van der Waals surface area contributed by atoms with Gasteiger partial charge in [0.1, 0.15) is 18.2 Å². The van der Waals surface area contributed by atoms with Gasteiger partial charge < -0.3 is 14.8 Å². The summed E-state index contributed by atoms with van der Waals surface area (Å²) in [5.74, 6) is 0.299. The molecule has 162 valence electrons. The van der Waals surface area contributed by atoms with Crippen molar-refractivity contribution in [2.75, 3.05) is 12.4 Å².